The lowest BCUT2D eigenvalue weighted by molar-refractivity contribution is -0.122. The van der Waals surface area contributed by atoms with Crippen molar-refractivity contribution in [3.05, 3.63) is 54.0 Å². The van der Waals surface area contributed by atoms with Crippen molar-refractivity contribution in [2.75, 3.05) is 0 Å². The fraction of sp³-hybridized carbons (Fsp3) is 0.368. The Balaban J connectivity index is 1.41. The van der Waals surface area contributed by atoms with Crippen LogP contribution in [0.25, 0.3) is 10.9 Å². The van der Waals surface area contributed by atoms with Crippen LogP contribution in [0.4, 0.5) is 0 Å². The number of benzene rings is 1. The number of nitrogens with zero attached hydrogens (tertiary/aromatic N) is 2. The number of hydrogen-bond donors (Lipinski definition) is 2. The highest BCUT2D eigenvalue weighted by Gasteiger charge is 2.25. The lowest BCUT2D eigenvalue weighted by atomic mass is 9.91. The van der Waals surface area contributed by atoms with E-state index in [1.54, 1.807) is 6.20 Å². The molecule has 0 saturated carbocycles. The topological polar surface area (TPSA) is 62.7 Å². The van der Waals surface area contributed by atoms with Gasteiger partial charge in [0.15, 0.2) is 0 Å². The van der Waals surface area contributed by atoms with Crippen LogP contribution in [0.3, 0.4) is 0 Å². The highest BCUT2D eigenvalue weighted by molar-refractivity contribution is 5.85. The van der Waals surface area contributed by atoms with Crippen molar-refractivity contribution >= 4 is 16.8 Å². The first-order chi connectivity index (χ1) is 11.8. The van der Waals surface area contributed by atoms with Crippen LogP contribution in [0.15, 0.2) is 42.7 Å². The second kappa shape index (κ2) is 6.51. The second-order valence-corrected chi connectivity index (χ2v) is 6.45. The van der Waals surface area contributed by atoms with Crippen LogP contribution >= 0.6 is 0 Å². The molecular weight excluding hydrogens is 300 g/mol. The molecule has 5 heteroatoms. The maximum Gasteiger partial charge on any atom is 0.220 e. The quantitative estimate of drug-likeness (QED) is 0.757. The summed E-state index contributed by atoms with van der Waals surface area (Å²) in [7, 11) is 0. The first-order valence-corrected chi connectivity index (χ1v) is 8.67. The van der Waals surface area contributed by atoms with E-state index in [0.29, 0.717) is 6.42 Å². The predicted molar refractivity (Wildman–Crippen MR) is 93.6 cm³/mol. The van der Waals surface area contributed by atoms with Crippen molar-refractivity contribution in [1.82, 2.24) is 20.1 Å². The van der Waals surface area contributed by atoms with Gasteiger partial charge < -0.3 is 10.3 Å². The minimum Gasteiger partial charge on any atom is -0.356 e. The normalized spacial score (nSPS) is 16.9. The van der Waals surface area contributed by atoms with Crippen LogP contribution in [0.2, 0.25) is 0 Å². The first-order valence-electron chi connectivity index (χ1n) is 8.67. The smallest absolute Gasteiger partial charge is 0.220 e. The van der Waals surface area contributed by atoms with Crippen molar-refractivity contribution in [3.63, 3.8) is 0 Å². The van der Waals surface area contributed by atoms with Gasteiger partial charge in [0, 0.05) is 42.0 Å². The average molecular weight is 322 g/mol. The summed E-state index contributed by atoms with van der Waals surface area (Å²) in [6.45, 7) is 0.780. The van der Waals surface area contributed by atoms with E-state index >= 15 is 0 Å². The zero-order chi connectivity index (χ0) is 16.4. The van der Waals surface area contributed by atoms with Crippen molar-refractivity contribution in [1.29, 1.82) is 0 Å². The Hall–Kier alpha value is -2.56. The molecule has 2 heterocycles. The Kier molecular flexibility index (Phi) is 4.07. The number of hydrogen-bond acceptors (Lipinski definition) is 2. The van der Waals surface area contributed by atoms with E-state index in [1.807, 2.05) is 23.0 Å². The molecule has 24 heavy (non-hydrogen) atoms. The lowest BCUT2D eigenvalue weighted by Gasteiger charge is -2.24. The van der Waals surface area contributed by atoms with Gasteiger partial charge in [-0.25, -0.2) is 0 Å². The van der Waals surface area contributed by atoms with Crippen LogP contribution in [0.1, 0.15) is 43.0 Å². The Bertz CT molecular complexity index is 834. The number of aromatic amines is 1. The highest BCUT2D eigenvalue weighted by atomic mass is 16.1. The number of aryl methyl sites for hydroxylation is 2. The molecule has 5 nitrogen and oxygen atoms in total. The zero-order valence-electron chi connectivity index (χ0n) is 13.7. The third kappa shape index (κ3) is 2.94. The maximum absolute atomic E-state index is 12.3. The van der Waals surface area contributed by atoms with Gasteiger partial charge in [-0.05, 0) is 43.4 Å². The minimum atomic E-state index is 0.110. The van der Waals surface area contributed by atoms with Gasteiger partial charge in [0.2, 0.25) is 5.91 Å². The summed E-state index contributed by atoms with van der Waals surface area (Å²) in [5, 5.41) is 8.68. The standard InChI is InChI=1S/C19H22N4O/c24-18(10-4-12-23-13-5-11-20-23)21-17-9-3-7-15-14-6-1-2-8-16(14)22-19(15)17/h1-2,5-6,8,11,13,17,22H,3-4,7,9-10,12H2,(H,21,24)/t17-/m0/s1. The molecule has 1 atom stereocenters. The van der Waals surface area contributed by atoms with Gasteiger partial charge >= 0.3 is 0 Å². The fourth-order valence-electron chi connectivity index (χ4n) is 3.66. The number of carbonyl (C=O) groups is 1. The van der Waals surface area contributed by atoms with E-state index in [1.165, 1.54) is 22.2 Å². The summed E-state index contributed by atoms with van der Waals surface area (Å²) >= 11 is 0. The second-order valence-electron chi connectivity index (χ2n) is 6.45. The number of nitrogens with one attached hydrogen (secondary N) is 2. The lowest BCUT2D eigenvalue weighted by Crippen LogP contribution is -2.31. The summed E-state index contributed by atoms with van der Waals surface area (Å²) in [4.78, 5) is 15.8. The number of fused-ring (bicyclic) bond motifs is 3. The van der Waals surface area contributed by atoms with E-state index in [2.05, 4.69) is 33.6 Å². The first kappa shape index (κ1) is 15.0. The number of aromatic nitrogens is 3. The molecule has 0 spiro atoms. The molecule has 0 radical (unpaired) electrons. The summed E-state index contributed by atoms with van der Waals surface area (Å²) in [5.41, 5.74) is 3.74. The number of carbonyl (C=O) groups excluding carboxylic acids is 1. The van der Waals surface area contributed by atoms with E-state index in [4.69, 9.17) is 0 Å². The average Bonchev–Trinajstić information content (AvgIpc) is 3.23. The SMILES string of the molecule is O=C(CCCn1cccn1)N[C@H]1CCCc2c1[nH]c1ccccc21. The van der Waals surface area contributed by atoms with Crippen molar-refractivity contribution in [2.24, 2.45) is 0 Å². The molecule has 1 aliphatic carbocycles. The van der Waals surface area contributed by atoms with Gasteiger partial charge in [0.05, 0.1) is 6.04 Å². The summed E-state index contributed by atoms with van der Waals surface area (Å²) < 4.78 is 1.86. The van der Waals surface area contributed by atoms with Crippen LogP contribution in [0, 0.1) is 0 Å². The number of para-hydroxylation sites is 1. The predicted octanol–water partition coefficient (Wildman–Crippen LogP) is 3.34. The molecule has 0 fully saturated rings. The third-order valence-corrected chi connectivity index (χ3v) is 4.80. The van der Waals surface area contributed by atoms with Crippen molar-refractivity contribution in [2.45, 2.75) is 44.7 Å². The molecule has 0 bridgehead atoms. The molecule has 1 aromatic carbocycles. The summed E-state index contributed by atoms with van der Waals surface area (Å²) in [6, 6.07) is 10.4. The summed E-state index contributed by atoms with van der Waals surface area (Å²) in [5.74, 6) is 0.124. The molecule has 0 saturated heterocycles. The third-order valence-electron chi connectivity index (χ3n) is 4.80. The van der Waals surface area contributed by atoms with E-state index in [-0.39, 0.29) is 11.9 Å². The number of H-pyrrole nitrogens is 1. The minimum absolute atomic E-state index is 0.110. The van der Waals surface area contributed by atoms with Gasteiger partial charge in [0.25, 0.3) is 0 Å². The van der Waals surface area contributed by atoms with Crippen molar-refractivity contribution in [3.8, 4) is 0 Å². The zero-order valence-corrected chi connectivity index (χ0v) is 13.7. The number of amides is 1. The van der Waals surface area contributed by atoms with Gasteiger partial charge in [-0.1, -0.05) is 18.2 Å². The van der Waals surface area contributed by atoms with E-state index in [9.17, 15) is 4.79 Å². The Morgan fingerprint density at radius 2 is 2.25 bits per heavy atom. The maximum atomic E-state index is 12.3. The van der Waals surface area contributed by atoms with E-state index < -0.39 is 0 Å². The fourth-order valence-corrected chi connectivity index (χ4v) is 3.66. The van der Waals surface area contributed by atoms with Crippen LogP contribution in [-0.2, 0) is 17.8 Å². The molecule has 1 aliphatic rings. The molecule has 2 N–H and O–H groups in total. The van der Waals surface area contributed by atoms with E-state index in [0.717, 1.165) is 32.2 Å². The van der Waals surface area contributed by atoms with Crippen molar-refractivity contribution < 1.29 is 4.79 Å². The Morgan fingerprint density at radius 1 is 1.33 bits per heavy atom. The molecule has 2 aromatic heterocycles. The molecule has 124 valence electrons. The van der Waals surface area contributed by atoms with Gasteiger partial charge in [-0.2, -0.15) is 5.10 Å². The highest BCUT2D eigenvalue weighted by Crippen LogP contribution is 2.34. The largest absolute Gasteiger partial charge is 0.356 e. The Labute approximate surface area is 141 Å². The molecule has 0 unspecified atom stereocenters. The molecular formula is C19H22N4O. The van der Waals surface area contributed by atoms with Crippen LogP contribution in [-0.4, -0.2) is 20.7 Å². The molecule has 3 aromatic rings. The van der Waals surface area contributed by atoms with Crippen LogP contribution < -0.4 is 5.32 Å². The monoisotopic (exact) mass is 322 g/mol. The molecule has 0 aliphatic heterocycles. The molecule has 4 rings (SSSR count). The summed E-state index contributed by atoms with van der Waals surface area (Å²) in [6.07, 6.45) is 8.24. The molecule has 1 amide bonds. The van der Waals surface area contributed by atoms with Gasteiger partial charge in [-0.3, -0.25) is 9.48 Å². The van der Waals surface area contributed by atoms with Gasteiger partial charge in [-0.15, -0.1) is 0 Å². The van der Waals surface area contributed by atoms with Gasteiger partial charge in [0.1, 0.15) is 0 Å². The number of rotatable bonds is 5. The Morgan fingerprint density at radius 3 is 3.12 bits per heavy atom. The van der Waals surface area contributed by atoms with Crippen LogP contribution in [0.5, 0.6) is 0 Å².